The quantitative estimate of drug-likeness (QED) is 0.550. The first-order valence-electron chi connectivity index (χ1n) is 8.23. The van der Waals surface area contributed by atoms with E-state index in [1.807, 2.05) is 60.7 Å². The van der Waals surface area contributed by atoms with Gasteiger partial charge in [-0.3, -0.25) is 20.6 Å². The van der Waals surface area contributed by atoms with E-state index in [-0.39, 0.29) is 5.91 Å². The van der Waals surface area contributed by atoms with E-state index in [0.717, 1.165) is 27.8 Å². The molecule has 2 N–H and O–H groups in total. The van der Waals surface area contributed by atoms with E-state index in [1.54, 1.807) is 24.5 Å². The third-order valence-corrected chi connectivity index (χ3v) is 4.04. The molecule has 4 aromatic rings. The smallest absolute Gasteiger partial charge is 0.269 e. The van der Waals surface area contributed by atoms with E-state index in [9.17, 15) is 4.79 Å². The molecule has 5 nitrogen and oxygen atoms in total. The summed E-state index contributed by atoms with van der Waals surface area (Å²) in [6.07, 6.45) is 3.18. The van der Waals surface area contributed by atoms with Crippen molar-refractivity contribution in [3.05, 3.63) is 90.8 Å². The topological polar surface area (TPSA) is 66.9 Å². The van der Waals surface area contributed by atoms with Crippen LogP contribution in [0.4, 0.5) is 5.69 Å². The van der Waals surface area contributed by atoms with Crippen LogP contribution in [0.25, 0.3) is 22.2 Å². The van der Waals surface area contributed by atoms with Gasteiger partial charge in [-0.2, -0.15) is 0 Å². The molecule has 0 aliphatic heterocycles. The Morgan fingerprint density at radius 2 is 1.58 bits per heavy atom. The Bertz CT molecular complexity index is 1050. The molecule has 0 aliphatic carbocycles. The van der Waals surface area contributed by atoms with Crippen LogP contribution < -0.4 is 10.9 Å². The van der Waals surface area contributed by atoms with E-state index in [0.29, 0.717) is 5.56 Å². The van der Waals surface area contributed by atoms with Crippen LogP contribution in [0, 0.1) is 0 Å². The number of amides is 1. The lowest BCUT2D eigenvalue weighted by Gasteiger charge is -2.13. The number of hydrogen-bond donors (Lipinski definition) is 2. The summed E-state index contributed by atoms with van der Waals surface area (Å²) in [5, 5.41) is 0.933. The molecule has 0 atom stereocenters. The minimum absolute atomic E-state index is 0.227. The highest BCUT2D eigenvalue weighted by molar-refractivity contribution is 5.97. The Balaban J connectivity index is 1.68. The zero-order valence-corrected chi connectivity index (χ0v) is 13.9. The second-order valence-electron chi connectivity index (χ2n) is 5.75. The second-order valence-corrected chi connectivity index (χ2v) is 5.75. The Morgan fingerprint density at radius 1 is 0.846 bits per heavy atom. The number of anilines is 1. The summed E-state index contributed by atoms with van der Waals surface area (Å²) in [5.74, 6) is -0.227. The highest BCUT2D eigenvalue weighted by atomic mass is 16.2. The number of hydrazine groups is 1. The molecule has 0 unspecified atom stereocenters. The number of hydrogen-bond acceptors (Lipinski definition) is 4. The fraction of sp³-hybridized carbons (Fsp3) is 0. The molecule has 0 spiro atoms. The van der Waals surface area contributed by atoms with Crippen molar-refractivity contribution in [3.63, 3.8) is 0 Å². The molecule has 2 aromatic carbocycles. The van der Waals surface area contributed by atoms with Gasteiger partial charge in [0.15, 0.2) is 0 Å². The van der Waals surface area contributed by atoms with Crippen molar-refractivity contribution in [1.82, 2.24) is 15.4 Å². The number of aromatic nitrogens is 2. The number of carbonyl (C=O) groups excluding carboxylic acids is 1. The summed E-state index contributed by atoms with van der Waals surface area (Å²) < 4.78 is 0. The maximum absolute atomic E-state index is 12.3. The molecular weight excluding hydrogens is 324 g/mol. The van der Waals surface area contributed by atoms with Gasteiger partial charge in [0.25, 0.3) is 5.91 Å². The fourth-order valence-electron chi connectivity index (χ4n) is 2.74. The van der Waals surface area contributed by atoms with Gasteiger partial charge in [-0.1, -0.05) is 48.5 Å². The Labute approximate surface area is 150 Å². The van der Waals surface area contributed by atoms with Crippen LogP contribution >= 0.6 is 0 Å². The highest BCUT2D eigenvalue weighted by Gasteiger charge is 2.09. The molecule has 126 valence electrons. The van der Waals surface area contributed by atoms with E-state index in [1.165, 1.54) is 0 Å². The van der Waals surface area contributed by atoms with Crippen molar-refractivity contribution in [3.8, 4) is 11.3 Å². The van der Waals surface area contributed by atoms with Crippen LogP contribution in [0.15, 0.2) is 85.2 Å². The highest BCUT2D eigenvalue weighted by Crippen LogP contribution is 2.27. The van der Waals surface area contributed by atoms with Crippen LogP contribution in [0.2, 0.25) is 0 Å². The van der Waals surface area contributed by atoms with Gasteiger partial charge >= 0.3 is 0 Å². The minimum Gasteiger partial charge on any atom is -0.298 e. The molecule has 0 radical (unpaired) electrons. The second kappa shape index (κ2) is 7.03. The van der Waals surface area contributed by atoms with E-state index < -0.39 is 0 Å². The number of carbonyl (C=O) groups is 1. The van der Waals surface area contributed by atoms with Gasteiger partial charge in [-0.15, -0.1) is 0 Å². The van der Waals surface area contributed by atoms with Crippen LogP contribution in [-0.2, 0) is 0 Å². The number of benzene rings is 2. The van der Waals surface area contributed by atoms with Gasteiger partial charge in [0.1, 0.15) is 0 Å². The average molecular weight is 340 g/mol. The molecule has 0 saturated carbocycles. The SMILES string of the molecule is O=C(NNc1cc(-c2ccccc2)nc2ccccc12)c1ccncc1. The van der Waals surface area contributed by atoms with Crippen molar-refractivity contribution in [2.75, 3.05) is 5.43 Å². The van der Waals surface area contributed by atoms with Gasteiger partial charge in [0.2, 0.25) is 0 Å². The molecule has 2 heterocycles. The molecular formula is C21H16N4O. The van der Waals surface area contributed by atoms with Crippen molar-refractivity contribution in [2.45, 2.75) is 0 Å². The maximum atomic E-state index is 12.3. The molecule has 0 fully saturated rings. The van der Waals surface area contributed by atoms with Gasteiger partial charge in [-0.25, -0.2) is 4.98 Å². The van der Waals surface area contributed by atoms with Crippen molar-refractivity contribution in [1.29, 1.82) is 0 Å². The van der Waals surface area contributed by atoms with Crippen LogP contribution in [0.5, 0.6) is 0 Å². The van der Waals surface area contributed by atoms with Crippen LogP contribution in [0.3, 0.4) is 0 Å². The molecule has 0 bridgehead atoms. The zero-order chi connectivity index (χ0) is 17.8. The first-order valence-corrected chi connectivity index (χ1v) is 8.23. The predicted molar refractivity (Wildman–Crippen MR) is 103 cm³/mol. The van der Waals surface area contributed by atoms with Crippen molar-refractivity contribution >= 4 is 22.5 Å². The summed E-state index contributed by atoms with van der Waals surface area (Å²) in [6, 6.07) is 23.0. The Morgan fingerprint density at radius 3 is 2.38 bits per heavy atom. The van der Waals surface area contributed by atoms with Gasteiger partial charge in [0.05, 0.1) is 16.9 Å². The summed E-state index contributed by atoms with van der Waals surface area (Å²) >= 11 is 0. The maximum Gasteiger partial charge on any atom is 0.269 e. The van der Waals surface area contributed by atoms with Gasteiger partial charge in [-0.05, 0) is 24.3 Å². The lowest BCUT2D eigenvalue weighted by atomic mass is 10.1. The van der Waals surface area contributed by atoms with Crippen LogP contribution in [-0.4, -0.2) is 15.9 Å². The third kappa shape index (κ3) is 3.23. The zero-order valence-electron chi connectivity index (χ0n) is 13.9. The molecule has 2 aromatic heterocycles. The summed E-state index contributed by atoms with van der Waals surface area (Å²) in [6.45, 7) is 0. The summed E-state index contributed by atoms with van der Waals surface area (Å²) in [5.41, 5.74) is 9.81. The standard InChI is InChI=1S/C21H16N4O/c26-21(16-10-12-22-13-11-16)25-24-20-14-19(15-6-2-1-3-7-15)23-18-9-5-4-8-17(18)20/h1-14H,(H,23,24)(H,25,26). The normalized spacial score (nSPS) is 10.5. The fourth-order valence-corrected chi connectivity index (χ4v) is 2.74. The Kier molecular flexibility index (Phi) is 4.26. The van der Waals surface area contributed by atoms with Gasteiger partial charge in [0, 0.05) is 28.9 Å². The molecule has 1 amide bonds. The molecule has 0 saturated heterocycles. The average Bonchev–Trinajstić information content (AvgIpc) is 2.73. The number of pyridine rings is 2. The number of nitrogens with one attached hydrogen (secondary N) is 2. The lowest BCUT2D eigenvalue weighted by molar-refractivity contribution is 0.0962. The third-order valence-electron chi connectivity index (χ3n) is 4.04. The molecule has 26 heavy (non-hydrogen) atoms. The molecule has 4 rings (SSSR count). The first-order chi connectivity index (χ1) is 12.8. The number of rotatable bonds is 4. The molecule has 5 heteroatoms. The number of nitrogens with zero attached hydrogens (tertiary/aromatic N) is 2. The monoisotopic (exact) mass is 340 g/mol. The van der Waals surface area contributed by atoms with E-state index in [4.69, 9.17) is 4.98 Å². The predicted octanol–water partition coefficient (Wildman–Crippen LogP) is 4.05. The van der Waals surface area contributed by atoms with E-state index in [2.05, 4.69) is 15.8 Å². The van der Waals surface area contributed by atoms with Crippen LogP contribution in [0.1, 0.15) is 10.4 Å². The first kappa shape index (κ1) is 15.8. The molecule has 0 aliphatic rings. The number of fused-ring (bicyclic) bond motifs is 1. The van der Waals surface area contributed by atoms with Crippen molar-refractivity contribution < 1.29 is 4.79 Å². The summed E-state index contributed by atoms with van der Waals surface area (Å²) in [7, 11) is 0. The minimum atomic E-state index is -0.227. The summed E-state index contributed by atoms with van der Waals surface area (Å²) in [4.78, 5) is 20.9. The van der Waals surface area contributed by atoms with Crippen molar-refractivity contribution in [2.24, 2.45) is 0 Å². The van der Waals surface area contributed by atoms with E-state index >= 15 is 0 Å². The Hall–Kier alpha value is -3.73. The number of para-hydroxylation sites is 1. The van der Waals surface area contributed by atoms with Gasteiger partial charge < -0.3 is 0 Å². The lowest BCUT2D eigenvalue weighted by Crippen LogP contribution is -2.29. The largest absolute Gasteiger partial charge is 0.298 e.